The highest BCUT2D eigenvalue weighted by atomic mass is 14.2. The Kier molecular flexibility index (Phi) is 5.18. The number of hydrogen-bond donors (Lipinski definition) is 0. The van der Waals surface area contributed by atoms with Crippen LogP contribution in [0.5, 0.6) is 0 Å². The number of benzene rings is 1. The van der Waals surface area contributed by atoms with Gasteiger partial charge in [-0.15, -0.1) is 0 Å². The fourth-order valence-corrected chi connectivity index (χ4v) is 3.84. The lowest BCUT2D eigenvalue weighted by Gasteiger charge is -2.21. The van der Waals surface area contributed by atoms with Gasteiger partial charge in [0.2, 0.25) is 0 Å². The highest BCUT2D eigenvalue weighted by Crippen LogP contribution is 2.27. The first kappa shape index (κ1) is 15.6. The summed E-state index contributed by atoms with van der Waals surface area (Å²) in [6.07, 6.45) is 16.4. The molecular weight excluding hydrogens is 264 g/mol. The summed E-state index contributed by atoms with van der Waals surface area (Å²) >= 11 is 0. The summed E-state index contributed by atoms with van der Waals surface area (Å²) in [5.74, 6) is 2.40. The molecule has 118 valence electrons. The van der Waals surface area contributed by atoms with Crippen molar-refractivity contribution in [3.63, 3.8) is 0 Å². The molecule has 1 aromatic rings. The Labute approximate surface area is 136 Å². The molecule has 0 bridgehead atoms. The zero-order chi connectivity index (χ0) is 15.4. The van der Waals surface area contributed by atoms with Crippen LogP contribution in [0.25, 0.3) is 0 Å². The summed E-state index contributed by atoms with van der Waals surface area (Å²) in [4.78, 5) is 0. The molecule has 3 rings (SSSR count). The van der Waals surface area contributed by atoms with Gasteiger partial charge in [0, 0.05) is 0 Å². The van der Waals surface area contributed by atoms with E-state index in [4.69, 9.17) is 0 Å². The average molecular weight is 294 g/mol. The maximum absolute atomic E-state index is 2.44. The standard InChI is InChI=1S/C22H30/c1-17-3-7-19(8-4-17)15-21-11-13-22(14-12-21)16-20-9-5-18(2)6-10-20/h3,5,7,11-14,17,19-20H,4,6,8-10,15-16H2,1-2H3. The van der Waals surface area contributed by atoms with Gasteiger partial charge in [0.05, 0.1) is 0 Å². The minimum absolute atomic E-state index is 0.758. The van der Waals surface area contributed by atoms with Gasteiger partial charge in [0.1, 0.15) is 0 Å². The maximum Gasteiger partial charge on any atom is -0.0193 e. The van der Waals surface area contributed by atoms with Gasteiger partial charge in [-0.2, -0.15) is 0 Å². The second-order valence-corrected chi connectivity index (χ2v) is 7.62. The van der Waals surface area contributed by atoms with Gasteiger partial charge in [-0.1, -0.05) is 55.0 Å². The monoisotopic (exact) mass is 294 g/mol. The fraction of sp³-hybridized carbons (Fsp3) is 0.545. The lowest BCUT2D eigenvalue weighted by atomic mass is 9.84. The Morgan fingerprint density at radius 1 is 0.909 bits per heavy atom. The number of hydrogen-bond acceptors (Lipinski definition) is 0. The van der Waals surface area contributed by atoms with E-state index in [0.29, 0.717) is 0 Å². The van der Waals surface area contributed by atoms with Gasteiger partial charge in [-0.25, -0.2) is 0 Å². The van der Waals surface area contributed by atoms with Crippen molar-refractivity contribution in [1.29, 1.82) is 0 Å². The van der Waals surface area contributed by atoms with Crippen molar-refractivity contribution in [2.24, 2.45) is 17.8 Å². The second kappa shape index (κ2) is 7.31. The highest BCUT2D eigenvalue weighted by molar-refractivity contribution is 5.24. The SMILES string of the molecule is CC1=CCC(Cc2ccc(CC3C=CC(C)CC3)cc2)CC1. The molecule has 0 N–H and O–H groups in total. The van der Waals surface area contributed by atoms with Crippen LogP contribution in [0.2, 0.25) is 0 Å². The molecule has 0 amide bonds. The third kappa shape index (κ3) is 4.35. The third-order valence-electron chi connectivity index (χ3n) is 5.50. The van der Waals surface area contributed by atoms with Crippen molar-refractivity contribution in [1.82, 2.24) is 0 Å². The molecule has 3 atom stereocenters. The molecule has 0 saturated carbocycles. The predicted octanol–water partition coefficient (Wildman–Crippen LogP) is 6.12. The fourth-order valence-electron chi connectivity index (χ4n) is 3.84. The molecule has 0 aromatic heterocycles. The van der Waals surface area contributed by atoms with E-state index in [1.807, 2.05) is 0 Å². The van der Waals surface area contributed by atoms with E-state index in [1.54, 1.807) is 5.57 Å². The second-order valence-electron chi connectivity index (χ2n) is 7.62. The first-order valence-electron chi connectivity index (χ1n) is 9.11. The van der Waals surface area contributed by atoms with Crippen molar-refractivity contribution in [2.75, 3.05) is 0 Å². The van der Waals surface area contributed by atoms with E-state index in [0.717, 1.165) is 17.8 Å². The van der Waals surface area contributed by atoms with Gasteiger partial charge in [-0.3, -0.25) is 0 Å². The normalized spacial score (nSPS) is 28.5. The highest BCUT2D eigenvalue weighted by Gasteiger charge is 2.15. The predicted molar refractivity (Wildman–Crippen MR) is 96.0 cm³/mol. The quantitative estimate of drug-likeness (QED) is 0.587. The topological polar surface area (TPSA) is 0 Å². The maximum atomic E-state index is 2.44. The Morgan fingerprint density at radius 3 is 2.23 bits per heavy atom. The molecular formula is C22H30. The van der Waals surface area contributed by atoms with Crippen LogP contribution in [0.3, 0.4) is 0 Å². The van der Waals surface area contributed by atoms with Crippen LogP contribution in [-0.2, 0) is 12.8 Å². The van der Waals surface area contributed by atoms with Crippen LogP contribution in [0.1, 0.15) is 57.1 Å². The van der Waals surface area contributed by atoms with E-state index in [1.165, 1.54) is 56.1 Å². The lowest BCUT2D eigenvalue weighted by molar-refractivity contribution is 0.466. The van der Waals surface area contributed by atoms with E-state index < -0.39 is 0 Å². The summed E-state index contributed by atoms with van der Waals surface area (Å²) in [5.41, 5.74) is 4.61. The molecule has 0 fully saturated rings. The molecule has 2 aliphatic rings. The summed E-state index contributed by atoms with van der Waals surface area (Å²) < 4.78 is 0. The van der Waals surface area contributed by atoms with Crippen molar-refractivity contribution >= 4 is 0 Å². The molecule has 0 radical (unpaired) electrons. The zero-order valence-electron chi connectivity index (χ0n) is 14.2. The van der Waals surface area contributed by atoms with Crippen LogP contribution in [0.15, 0.2) is 48.1 Å². The van der Waals surface area contributed by atoms with E-state index in [2.05, 4.69) is 56.3 Å². The third-order valence-corrected chi connectivity index (χ3v) is 5.50. The molecule has 0 nitrogen and oxygen atoms in total. The van der Waals surface area contributed by atoms with E-state index >= 15 is 0 Å². The molecule has 0 heterocycles. The Balaban J connectivity index is 1.53. The smallest absolute Gasteiger partial charge is 0.0193 e. The van der Waals surface area contributed by atoms with Crippen LogP contribution < -0.4 is 0 Å². The minimum atomic E-state index is 0.758. The largest absolute Gasteiger partial charge is 0.0854 e. The molecule has 0 spiro atoms. The van der Waals surface area contributed by atoms with Crippen LogP contribution in [0, 0.1) is 17.8 Å². The zero-order valence-corrected chi connectivity index (χ0v) is 14.2. The van der Waals surface area contributed by atoms with Gasteiger partial charge in [-0.05, 0) is 80.8 Å². The molecule has 0 aliphatic heterocycles. The Morgan fingerprint density at radius 2 is 1.64 bits per heavy atom. The lowest BCUT2D eigenvalue weighted by Crippen LogP contribution is -2.09. The molecule has 22 heavy (non-hydrogen) atoms. The van der Waals surface area contributed by atoms with Gasteiger partial charge in [0.25, 0.3) is 0 Å². The summed E-state index contributed by atoms with van der Waals surface area (Å²) in [7, 11) is 0. The van der Waals surface area contributed by atoms with Gasteiger partial charge >= 0.3 is 0 Å². The van der Waals surface area contributed by atoms with Gasteiger partial charge in [0.15, 0.2) is 0 Å². The summed E-state index contributed by atoms with van der Waals surface area (Å²) in [6, 6.07) is 9.47. The summed E-state index contributed by atoms with van der Waals surface area (Å²) in [5, 5.41) is 0. The number of allylic oxidation sites excluding steroid dienone is 4. The molecule has 3 unspecified atom stereocenters. The molecule has 0 saturated heterocycles. The van der Waals surface area contributed by atoms with Crippen LogP contribution >= 0.6 is 0 Å². The first-order chi connectivity index (χ1) is 10.7. The van der Waals surface area contributed by atoms with Crippen LogP contribution in [-0.4, -0.2) is 0 Å². The molecule has 1 aromatic carbocycles. The summed E-state index contributed by atoms with van der Waals surface area (Å²) in [6.45, 7) is 4.59. The molecule has 0 heteroatoms. The van der Waals surface area contributed by atoms with Crippen molar-refractivity contribution in [3.8, 4) is 0 Å². The van der Waals surface area contributed by atoms with Gasteiger partial charge < -0.3 is 0 Å². The average Bonchev–Trinajstić information content (AvgIpc) is 2.54. The van der Waals surface area contributed by atoms with Crippen molar-refractivity contribution in [3.05, 3.63) is 59.2 Å². The first-order valence-corrected chi connectivity index (χ1v) is 9.11. The van der Waals surface area contributed by atoms with Crippen molar-refractivity contribution in [2.45, 2.75) is 58.8 Å². The molecule has 2 aliphatic carbocycles. The van der Waals surface area contributed by atoms with Crippen LogP contribution in [0.4, 0.5) is 0 Å². The minimum Gasteiger partial charge on any atom is -0.0854 e. The van der Waals surface area contributed by atoms with Crippen molar-refractivity contribution < 1.29 is 0 Å². The van der Waals surface area contributed by atoms with E-state index in [9.17, 15) is 0 Å². The Bertz CT molecular complexity index is 532. The number of rotatable bonds is 4. The van der Waals surface area contributed by atoms with E-state index in [-0.39, 0.29) is 0 Å². The Hall–Kier alpha value is -1.30.